The van der Waals surface area contributed by atoms with Gasteiger partial charge in [0.2, 0.25) is 0 Å². The van der Waals surface area contributed by atoms with Crippen LogP contribution in [0.15, 0.2) is 72.8 Å². The van der Waals surface area contributed by atoms with Gasteiger partial charge in [-0.1, -0.05) is 54.6 Å². The predicted molar refractivity (Wildman–Crippen MR) is 86.4 cm³/mol. The molecule has 2 rings (SSSR count). The molecule has 2 atom stereocenters. The van der Waals surface area contributed by atoms with Crippen LogP contribution in [-0.2, 0) is 11.3 Å². The second-order valence-corrected chi connectivity index (χ2v) is 4.92. The Morgan fingerprint density at radius 3 is 2.19 bits per heavy atom. The molecule has 0 bridgehead atoms. The summed E-state index contributed by atoms with van der Waals surface area (Å²) >= 11 is 0. The first kappa shape index (κ1) is 15.3. The summed E-state index contributed by atoms with van der Waals surface area (Å²) in [6, 6.07) is 20.0. The van der Waals surface area contributed by atoms with Gasteiger partial charge >= 0.3 is 0 Å². The standard InChI is InChI=1S/C19H22O2/c1-3-10-19(21-18-13-8-5-9-14-18)16(2)20-15-17-11-6-4-7-12-17/h3-14,16,19H,15H2,1-2H3/b10-3+. The van der Waals surface area contributed by atoms with Crippen molar-refractivity contribution in [2.24, 2.45) is 0 Å². The third-order valence-corrected chi connectivity index (χ3v) is 3.22. The minimum atomic E-state index is -0.0962. The SMILES string of the molecule is C/C=C/C(Oc1ccccc1)C(C)OCc1ccccc1. The maximum atomic E-state index is 5.99. The molecule has 2 unspecified atom stereocenters. The second kappa shape index (κ2) is 8.28. The first-order valence-corrected chi connectivity index (χ1v) is 7.29. The lowest BCUT2D eigenvalue weighted by atomic mass is 10.2. The van der Waals surface area contributed by atoms with Crippen LogP contribution in [0, 0.1) is 0 Å². The van der Waals surface area contributed by atoms with E-state index < -0.39 is 0 Å². The molecule has 0 aliphatic rings. The first-order chi connectivity index (χ1) is 10.3. The molecule has 0 aromatic heterocycles. The van der Waals surface area contributed by atoms with Gasteiger partial charge in [0.15, 0.2) is 0 Å². The predicted octanol–water partition coefficient (Wildman–Crippen LogP) is 4.62. The molecule has 0 heterocycles. The smallest absolute Gasteiger partial charge is 0.143 e. The number of rotatable bonds is 7. The number of hydrogen-bond donors (Lipinski definition) is 0. The van der Waals surface area contributed by atoms with Crippen molar-refractivity contribution in [3.05, 3.63) is 78.4 Å². The second-order valence-electron chi connectivity index (χ2n) is 4.92. The average Bonchev–Trinajstić information content (AvgIpc) is 2.54. The summed E-state index contributed by atoms with van der Waals surface area (Å²) in [5.41, 5.74) is 1.17. The first-order valence-electron chi connectivity index (χ1n) is 7.29. The summed E-state index contributed by atoms with van der Waals surface area (Å²) in [7, 11) is 0. The van der Waals surface area contributed by atoms with E-state index in [4.69, 9.17) is 9.47 Å². The largest absolute Gasteiger partial charge is 0.484 e. The van der Waals surface area contributed by atoms with E-state index in [1.165, 1.54) is 5.56 Å². The maximum Gasteiger partial charge on any atom is 0.143 e. The zero-order valence-corrected chi connectivity index (χ0v) is 12.6. The Bertz CT molecular complexity index is 534. The highest BCUT2D eigenvalue weighted by atomic mass is 16.5. The zero-order chi connectivity index (χ0) is 14.9. The lowest BCUT2D eigenvalue weighted by Gasteiger charge is -2.23. The summed E-state index contributed by atoms with van der Waals surface area (Å²) in [6.45, 7) is 4.62. The molecule has 21 heavy (non-hydrogen) atoms. The van der Waals surface area contributed by atoms with Gasteiger partial charge < -0.3 is 9.47 Å². The summed E-state index contributed by atoms with van der Waals surface area (Å²) in [6.07, 6.45) is 3.90. The van der Waals surface area contributed by atoms with Crippen LogP contribution in [0.3, 0.4) is 0 Å². The molecule has 0 aliphatic carbocycles. The van der Waals surface area contributed by atoms with Crippen LogP contribution in [0.2, 0.25) is 0 Å². The molecule has 0 saturated carbocycles. The van der Waals surface area contributed by atoms with E-state index in [1.54, 1.807) is 0 Å². The van der Waals surface area contributed by atoms with Crippen LogP contribution >= 0.6 is 0 Å². The van der Waals surface area contributed by atoms with Crippen molar-refractivity contribution < 1.29 is 9.47 Å². The molecular weight excluding hydrogens is 260 g/mol. The van der Waals surface area contributed by atoms with E-state index in [2.05, 4.69) is 12.1 Å². The Hall–Kier alpha value is -2.06. The van der Waals surface area contributed by atoms with Crippen LogP contribution in [0.1, 0.15) is 19.4 Å². The highest BCUT2D eigenvalue weighted by Crippen LogP contribution is 2.16. The van der Waals surface area contributed by atoms with Gasteiger partial charge in [-0.2, -0.15) is 0 Å². The number of para-hydroxylation sites is 1. The molecule has 2 aromatic carbocycles. The van der Waals surface area contributed by atoms with Crippen molar-refractivity contribution in [1.82, 2.24) is 0 Å². The molecule has 0 aliphatic heterocycles. The van der Waals surface area contributed by atoms with Gasteiger partial charge in [-0.15, -0.1) is 0 Å². The van der Waals surface area contributed by atoms with Crippen molar-refractivity contribution in [1.29, 1.82) is 0 Å². The third-order valence-electron chi connectivity index (χ3n) is 3.22. The third kappa shape index (κ3) is 5.09. The van der Waals surface area contributed by atoms with Crippen molar-refractivity contribution in [2.75, 3.05) is 0 Å². The van der Waals surface area contributed by atoms with Crippen LogP contribution in [0.4, 0.5) is 0 Å². The zero-order valence-electron chi connectivity index (χ0n) is 12.6. The number of hydrogen-bond acceptors (Lipinski definition) is 2. The van der Waals surface area contributed by atoms with Crippen molar-refractivity contribution in [3.8, 4) is 5.75 Å². The molecule has 0 fully saturated rings. The Morgan fingerprint density at radius 1 is 0.952 bits per heavy atom. The van der Waals surface area contributed by atoms with Crippen molar-refractivity contribution >= 4 is 0 Å². The maximum absolute atomic E-state index is 5.99. The number of ether oxygens (including phenoxy) is 2. The van der Waals surface area contributed by atoms with Gasteiger partial charge in [-0.3, -0.25) is 0 Å². The van der Waals surface area contributed by atoms with Gasteiger partial charge in [0, 0.05) is 0 Å². The lowest BCUT2D eigenvalue weighted by molar-refractivity contribution is -0.00579. The van der Waals surface area contributed by atoms with Gasteiger partial charge in [0.05, 0.1) is 12.7 Å². The summed E-state index contributed by atoms with van der Waals surface area (Å²) in [4.78, 5) is 0. The molecule has 110 valence electrons. The number of benzene rings is 2. The summed E-state index contributed by atoms with van der Waals surface area (Å²) in [5, 5.41) is 0. The molecular formula is C19H22O2. The molecule has 2 nitrogen and oxygen atoms in total. The molecule has 2 aromatic rings. The normalized spacial score (nSPS) is 14.0. The van der Waals surface area contributed by atoms with Gasteiger partial charge in [-0.05, 0) is 37.6 Å². The van der Waals surface area contributed by atoms with Crippen LogP contribution < -0.4 is 4.74 Å². The fourth-order valence-electron chi connectivity index (χ4n) is 2.03. The topological polar surface area (TPSA) is 18.5 Å². The summed E-state index contributed by atoms with van der Waals surface area (Å²) in [5.74, 6) is 0.857. The van der Waals surface area contributed by atoms with E-state index in [0.717, 1.165) is 5.75 Å². The Labute approximate surface area is 127 Å². The monoisotopic (exact) mass is 282 g/mol. The average molecular weight is 282 g/mol. The molecule has 0 amide bonds. The van der Waals surface area contributed by atoms with Crippen molar-refractivity contribution in [3.63, 3.8) is 0 Å². The van der Waals surface area contributed by atoms with Gasteiger partial charge in [-0.25, -0.2) is 0 Å². The molecule has 0 N–H and O–H groups in total. The van der Waals surface area contributed by atoms with E-state index >= 15 is 0 Å². The fourth-order valence-corrected chi connectivity index (χ4v) is 2.03. The fraction of sp³-hybridized carbons (Fsp3) is 0.263. The summed E-state index contributed by atoms with van der Waals surface area (Å²) < 4.78 is 11.9. The number of allylic oxidation sites excluding steroid dienone is 1. The van der Waals surface area contributed by atoms with Gasteiger partial charge in [0.25, 0.3) is 0 Å². The molecule has 0 radical (unpaired) electrons. The Morgan fingerprint density at radius 2 is 1.57 bits per heavy atom. The minimum absolute atomic E-state index is 0.0263. The Balaban J connectivity index is 1.94. The van der Waals surface area contributed by atoms with Crippen molar-refractivity contribution in [2.45, 2.75) is 32.7 Å². The van der Waals surface area contributed by atoms with Gasteiger partial charge in [0.1, 0.15) is 11.9 Å². The van der Waals surface area contributed by atoms with Crippen LogP contribution in [-0.4, -0.2) is 12.2 Å². The molecule has 2 heteroatoms. The molecule has 0 saturated heterocycles. The molecule has 0 spiro atoms. The minimum Gasteiger partial charge on any atom is -0.484 e. The van der Waals surface area contributed by atoms with E-state index in [0.29, 0.717) is 6.61 Å². The van der Waals surface area contributed by atoms with E-state index in [-0.39, 0.29) is 12.2 Å². The quantitative estimate of drug-likeness (QED) is 0.690. The van der Waals surface area contributed by atoms with E-state index in [9.17, 15) is 0 Å². The highest BCUT2D eigenvalue weighted by Gasteiger charge is 2.16. The van der Waals surface area contributed by atoms with Crippen LogP contribution in [0.25, 0.3) is 0 Å². The van der Waals surface area contributed by atoms with E-state index in [1.807, 2.05) is 74.5 Å². The Kier molecular flexibility index (Phi) is 6.04. The lowest BCUT2D eigenvalue weighted by Crippen LogP contribution is -2.29. The highest BCUT2D eigenvalue weighted by molar-refractivity contribution is 5.22. The van der Waals surface area contributed by atoms with Crippen LogP contribution in [0.5, 0.6) is 5.75 Å².